The number of anilines is 2. The topological polar surface area (TPSA) is 84.5 Å². The zero-order valence-corrected chi connectivity index (χ0v) is 18.5. The number of sulfonamides is 1. The first-order chi connectivity index (χ1) is 14.7. The third-order valence-electron chi connectivity index (χ3n) is 4.14. The molecule has 162 valence electrons. The molecule has 0 aliphatic heterocycles. The quantitative estimate of drug-likeness (QED) is 0.480. The highest BCUT2D eigenvalue weighted by Gasteiger charge is 2.17. The van der Waals surface area contributed by atoms with Crippen LogP contribution in [0.2, 0.25) is 10.0 Å². The molecule has 0 radical (unpaired) electrons. The number of para-hydroxylation sites is 1. The number of hydrogen-bond acceptors (Lipinski definition) is 4. The average Bonchev–Trinajstić information content (AvgIpc) is 2.71. The van der Waals surface area contributed by atoms with Gasteiger partial charge in [0.25, 0.3) is 15.9 Å². The van der Waals surface area contributed by atoms with E-state index in [4.69, 9.17) is 27.9 Å². The fourth-order valence-electron chi connectivity index (χ4n) is 2.62. The number of carbonyl (C=O) groups is 1. The number of amides is 1. The molecule has 3 aromatic carbocycles. The minimum absolute atomic E-state index is 0.00558. The molecular weight excluding hydrogens is 466 g/mol. The van der Waals surface area contributed by atoms with Crippen LogP contribution in [0.25, 0.3) is 0 Å². The van der Waals surface area contributed by atoms with Crippen molar-refractivity contribution >= 4 is 50.5 Å². The summed E-state index contributed by atoms with van der Waals surface area (Å²) >= 11 is 12.0. The van der Waals surface area contributed by atoms with Crippen LogP contribution in [0.15, 0.2) is 65.6 Å². The monoisotopic (exact) mass is 482 g/mol. The van der Waals surface area contributed by atoms with E-state index in [1.165, 1.54) is 30.3 Å². The van der Waals surface area contributed by atoms with E-state index in [9.17, 15) is 17.6 Å². The van der Waals surface area contributed by atoms with E-state index in [1.54, 1.807) is 25.1 Å². The van der Waals surface area contributed by atoms with Crippen molar-refractivity contribution in [2.75, 3.05) is 16.6 Å². The average molecular weight is 483 g/mol. The molecular formula is C21H17Cl2FN2O4S. The van der Waals surface area contributed by atoms with Crippen LogP contribution in [0.3, 0.4) is 0 Å². The van der Waals surface area contributed by atoms with E-state index in [0.29, 0.717) is 21.4 Å². The van der Waals surface area contributed by atoms with Crippen LogP contribution in [0.4, 0.5) is 15.8 Å². The van der Waals surface area contributed by atoms with Gasteiger partial charge in [-0.3, -0.25) is 9.52 Å². The molecule has 31 heavy (non-hydrogen) atoms. The zero-order valence-electron chi connectivity index (χ0n) is 16.2. The molecule has 0 spiro atoms. The van der Waals surface area contributed by atoms with Gasteiger partial charge in [0.2, 0.25) is 0 Å². The van der Waals surface area contributed by atoms with Gasteiger partial charge in [0.05, 0.1) is 20.6 Å². The van der Waals surface area contributed by atoms with E-state index in [-0.39, 0.29) is 22.9 Å². The van der Waals surface area contributed by atoms with Gasteiger partial charge in [-0.2, -0.15) is 0 Å². The summed E-state index contributed by atoms with van der Waals surface area (Å²) in [7, 11) is -3.88. The van der Waals surface area contributed by atoms with Gasteiger partial charge in [0.15, 0.2) is 6.61 Å². The largest absolute Gasteiger partial charge is 0.483 e. The van der Waals surface area contributed by atoms with Crippen LogP contribution in [0.5, 0.6) is 5.75 Å². The molecule has 0 atom stereocenters. The van der Waals surface area contributed by atoms with E-state index < -0.39 is 21.7 Å². The Kier molecular flexibility index (Phi) is 7.04. The molecule has 10 heteroatoms. The van der Waals surface area contributed by atoms with Crippen LogP contribution >= 0.6 is 23.2 Å². The van der Waals surface area contributed by atoms with Gasteiger partial charge in [-0.15, -0.1) is 0 Å². The second-order valence-electron chi connectivity index (χ2n) is 6.47. The maximum atomic E-state index is 13.0. The lowest BCUT2D eigenvalue weighted by atomic mass is 10.2. The van der Waals surface area contributed by atoms with Gasteiger partial charge >= 0.3 is 0 Å². The Bertz CT molecular complexity index is 1200. The van der Waals surface area contributed by atoms with Crippen LogP contribution < -0.4 is 14.8 Å². The first-order valence-corrected chi connectivity index (χ1v) is 11.2. The SMILES string of the molecule is Cc1cc(S(=O)(=O)Nc2ccc(F)cc2)ccc1OCC(=O)Nc1c(Cl)cccc1Cl. The third kappa shape index (κ3) is 5.88. The maximum absolute atomic E-state index is 13.0. The summed E-state index contributed by atoms with van der Waals surface area (Å²) in [5.74, 6) is -0.619. The highest BCUT2D eigenvalue weighted by Crippen LogP contribution is 2.30. The number of ether oxygens (including phenoxy) is 1. The van der Waals surface area contributed by atoms with Crippen molar-refractivity contribution in [2.45, 2.75) is 11.8 Å². The van der Waals surface area contributed by atoms with Crippen molar-refractivity contribution in [1.29, 1.82) is 0 Å². The second kappa shape index (κ2) is 9.55. The van der Waals surface area contributed by atoms with Crippen molar-refractivity contribution in [3.8, 4) is 5.75 Å². The minimum atomic E-state index is -3.88. The van der Waals surface area contributed by atoms with Crippen LogP contribution in [-0.4, -0.2) is 20.9 Å². The standard InChI is InChI=1S/C21H17Cl2FN2O4S/c1-13-11-16(31(28,29)26-15-7-5-14(24)6-8-15)9-10-19(13)30-12-20(27)25-21-17(22)3-2-4-18(21)23/h2-11,26H,12H2,1H3,(H,25,27). The predicted molar refractivity (Wildman–Crippen MR) is 119 cm³/mol. The summed E-state index contributed by atoms with van der Waals surface area (Å²) < 4.78 is 46.0. The Morgan fingerprint density at radius 3 is 2.29 bits per heavy atom. The Balaban J connectivity index is 1.66. The third-order valence-corrected chi connectivity index (χ3v) is 6.15. The number of carbonyl (C=O) groups excluding carboxylic acids is 1. The van der Waals surface area contributed by atoms with E-state index in [0.717, 1.165) is 12.1 Å². The normalized spacial score (nSPS) is 11.1. The van der Waals surface area contributed by atoms with Gasteiger partial charge < -0.3 is 10.1 Å². The summed E-state index contributed by atoms with van der Waals surface area (Å²) in [6, 6.07) is 14.0. The lowest BCUT2D eigenvalue weighted by Crippen LogP contribution is -2.21. The molecule has 0 bridgehead atoms. The number of rotatable bonds is 7. The summed E-state index contributed by atoms with van der Waals surface area (Å²) in [4.78, 5) is 12.2. The predicted octanol–water partition coefficient (Wildman–Crippen LogP) is 5.26. The Hall–Kier alpha value is -2.81. The van der Waals surface area contributed by atoms with Crippen molar-refractivity contribution in [3.63, 3.8) is 0 Å². The van der Waals surface area contributed by atoms with E-state index in [1.807, 2.05) is 0 Å². The molecule has 2 N–H and O–H groups in total. The summed E-state index contributed by atoms with van der Waals surface area (Å²) in [6.45, 7) is 1.32. The fraction of sp³-hybridized carbons (Fsp3) is 0.0952. The lowest BCUT2D eigenvalue weighted by molar-refractivity contribution is -0.118. The van der Waals surface area contributed by atoms with Gasteiger partial charge in [-0.25, -0.2) is 12.8 Å². The van der Waals surface area contributed by atoms with Crippen molar-refractivity contribution in [1.82, 2.24) is 0 Å². The van der Waals surface area contributed by atoms with Gasteiger partial charge in [0, 0.05) is 5.69 Å². The highest BCUT2D eigenvalue weighted by atomic mass is 35.5. The number of nitrogens with one attached hydrogen (secondary N) is 2. The summed E-state index contributed by atoms with van der Waals surface area (Å²) in [6.07, 6.45) is 0. The number of halogens is 3. The van der Waals surface area contributed by atoms with Crippen molar-refractivity contribution < 1.29 is 22.3 Å². The Labute approximate surface area is 189 Å². The second-order valence-corrected chi connectivity index (χ2v) is 8.97. The Morgan fingerprint density at radius 2 is 1.68 bits per heavy atom. The van der Waals surface area contributed by atoms with Gasteiger partial charge in [-0.05, 0) is 67.1 Å². The zero-order chi connectivity index (χ0) is 22.6. The van der Waals surface area contributed by atoms with Gasteiger partial charge in [0.1, 0.15) is 11.6 Å². The Morgan fingerprint density at radius 1 is 1.03 bits per heavy atom. The molecule has 0 saturated heterocycles. The smallest absolute Gasteiger partial charge is 0.262 e. The molecule has 0 aliphatic carbocycles. The number of hydrogen-bond donors (Lipinski definition) is 2. The molecule has 0 aliphatic rings. The molecule has 6 nitrogen and oxygen atoms in total. The minimum Gasteiger partial charge on any atom is -0.483 e. The van der Waals surface area contributed by atoms with Crippen LogP contribution in [0, 0.1) is 12.7 Å². The maximum Gasteiger partial charge on any atom is 0.262 e. The molecule has 0 unspecified atom stereocenters. The first-order valence-electron chi connectivity index (χ1n) is 8.91. The molecule has 0 saturated carbocycles. The summed E-state index contributed by atoms with van der Waals surface area (Å²) in [5, 5.41) is 3.16. The molecule has 1 amide bonds. The number of aryl methyl sites for hydroxylation is 1. The fourth-order valence-corrected chi connectivity index (χ4v) is 4.25. The summed E-state index contributed by atoms with van der Waals surface area (Å²) in [5.41, 5.74) is 1.02. The van der Waals surface area contributed by atoms with Crippen molar-refractivity contribution in [3.05, 3.63) is 82.1 Å². The molecule has 0 heterocycles. The molecule has 0 aromatic heterocycles. The van der Waals surface area contributed by atoms with E-state index in [2.05, 4.69) is 10.0 Å². The molecule has 0 fully saturated rings. The first kappa shape index (κ1) is 22.9. The lowest BCUT2D eigenvalue weighted by Gasteiger charge is -2.13. The number of benzene rings is 3. The van der Waals surface area contributed by atoms with E-state index >= 15 is 0 Å². The van der Waals surface area contributed by atoms with Crippen LogP contribution in [-0.2, 0) is 14.8 Å². The molecule has 3 aromatic rings. The van der Waals surface area contributed by atoms with Crippen molar-refractivity contribution in [2.24, 2.45) is 0 Å². The van der Waals surface area contributed by atoms with Crippen LogP contribution in [0.1, 0.15) is 5.56 Å². The van der Waals surface area contributed by atoms with Gasteiger partial charge in [-0.1, -0.05) is 29.3 Å². The molecule has 3 rings (SSSR count). The highest BCUT2D eigenvalue weighted by molar-refractivity contribution is 7.92.